The van der Waals surface area contributed by atoms with E-state index in [1.807, 2.05) is 0 Å². The Morgan fingerprint density at radius 2 is 1.82 bits per heavy atom. The molecule has 2 aromatic heterocycles. The number of hydrogen-bond acceptors (Lipinski definition) is 3. The molecule has 5 nitrogen and oxygen atoms in total. The molecule has 0 radical (unpaired) electrons. The van der Waals surface area contributed by atoms with Crippen molar-refractivity contribution in [2.24, 2.45) is 5.73 Å². The highest BCUT2D eigenvalue weighted by atomic mass is 19.4. The lowest BCUT2D eigenvalue weighted by Gasteiger charge is -2.29. The number of aromatic nitrogens is 2. The molecule has 0 atom stereocenters. The van der Waals surface area contributed by atoms with Crippen molar-refractivity contribution in [2.45, 2.75) is 32.4 Å². The maximum absolute atomic E-state index is 13.3. The Morgan fingerprint density at radius 3 is 2.39 bits per heavy atom. The predicted octanol–water partition coefficient (Wildman–Crippen LogP) is 3.84. The van der Waals surface area contributed by atoms with E-state index in [0.29, 0.717) is 22.3 Å². The molecule has 0 unspecified atom stereocenters. The van der Waals surface area contributed by atoms with Gasteiger partial charge in [0.2, 0.25) is 0 Å². The van der Waals surface area contributed by atoms with Crippen molar-refractivity contribution < 1.29 is 18.0 Å². The second kappa shape index (κ2) is 6.47. The Kier molecular flexibility index (Phi) is 4.53. The van der Waals surface area contributed by atoms with E-state index in [0.717, 1.165) is 13.8 Å². The number of hydrogen-bond donors (Lipinski definition) is 2. The van der Waals surface area contributed by atoms with Crippen molar-refractivity contribution >= 4 is 16.8 Å². The number of nitrogens with two attached hydrogens (primary N) is 1. The van der Waals surface area contributed by atoms with E-state index in [9.17, 15) is 22.8 Å². The molecule has 3 aromatic rings. The van der Waals surface area contributed by atoms with Crippen LogP contribution in [0, 0.1) is 6.92 Å². The summed E-state index contributed by atoms with van der Waals surface area (Å²) in [5.74, 6) is -0.821. The van der Waals surface area contributed by atoms with Crippen LogP contribution in [-0.4, -0.2) is 22.1 Å². The average Bonchev–Trinajstić information content (AvgIpc) is 2.59. The van der Waals surface area contributed by atoms with Crippen LogP contribution in [-0.2, 0) is 5.41 Å². The molecule has 28 heavy (non-hydrogen) atoms. The van der Waals surface area contributed by atoms with Gasteiger partial charge < -0.3 is 10.7 Å². The zero-order valence-electron chi connectivity index (χ0n) is 15.4. The molecule has 0 aliphatic heterocycles. The van der Waals surface area contributed by atoms with Gasteiger partial charge in [-0.1, -0.05) is 18.2 Å². The third-order valence-corrected chi connectivity index (χ3v) is 4.92. The van der Waals surface area contributed by atoms with E-state index >= 15 is 0 Å². The molecule has 1 aromatic carbocycles. The SMILES string of the molecule is Cc1cc(C(C)(C)C(F)(F)F)ccc1-c1cc(=O)c2c(C(N)=O)nccc2[nH]1. The van der Waals surface area contributed by atoms with Crippen molar-refractivity contribution in [1.82, 2.24) is 9.97 Å². The summed E-state index contributed by atoms with van der Waals surface area (Å²) in [5, 5.41) is 0.0752. The summed E-state index contributed by atoms with van der Waals surface area (Å²) in [6, 6.07) is 7.23. The van der Waals surface area contributed by atoms with Crippen LogP contribution in [0.2, 0.25) is 0 Å². The lowest BCUT2D eigenvalue weighted by atomic mass is 9.82. The molecule has 2 heterocycles. The first kappa shape index (κ1) is 19.6. The number of aromatic amines is 1. The summed E-state index contributed by atoms with van der Waals surface area (Å²) in [6.45, 7) is 3.92. The summed E-state index contributed by atoms with van der Waals surface area (Å²) < 4.78 is 39.9. The number of aryl methyl sites for hydroxylation is 1. The number of primary amides is 1. The Balaban J connectivity index is 2.16. The first-order chi connectivity index (χ1) is 12.9. The average molecular weight is 389 g/mol. The maximum atomic E-state index is 13.3. The molecule has 0 saturated heterocycles. The zero-order chi connectivity index (χ0) is 20.9. The largest absolute Gasteiger partial charge is 0.397 e. The van der Waals surface area contributed by atoms with E-state index in [4.69, 9.17) is 5.73 Å². The molecule has 1 amide bonds. The molecule has 0 spiro atoms. The van der Waals surface area contributed by atoms with Gasteiger partial charge in [0.05, 0.1) is 16.3 Å². The third kappa shape index (κ3) is 3.15. The third-order valence-electron chi connectivity index (χ3n) is 4.92. The molecule has 8 heteroatoms. The van der Waals surface area contributed by atoms with Gasteiger partial charge in [-0.05, 0) is 38.0 Å². The van der Waals surface area contributed by atoms with Gasteiger partial charge >= 0.3 is 6.18 Å². The van der Waals surface area contributed by atoms with Crippen LogP contribution in [0.25, 0.3) is 22.2 Å². The minimum Gasteiger partial charge on any atom is -0.364 e. The fourth-order valence-electron chi connectivity index (χ4n) is 3.05. The van der Waals surface area contributed by atoms with E-state index in [1.54, 1.807) is 13.0 Å². The van der Waals surface area contributed by atoms with Gasteiger partial charge in [0, 0.05) is 23.5 Å². The van der Waals surface area contributed by atoms with E-state index in [2.05, 4.69) is 9.97 Å². The number of H-pyrrole nitrogens is 1. The number of benzene rings is 1. The summed E-state index contributed by atoms with van der Waals surface area (Å²) in [6.07, 6.45) is -3.04. The highest BCUT2D eigenvalue weighted by Gasteiger charge is 2.48. The Hall–Kier alpha value is -3.16. The first-order valence-electron chi connectivity index (χ1n) is 8.43. The monoisotopic (exact) mass is 389 g/mol. The van der Waals surface area contributed by atoms with Crippen molar-refractivity contribution in [3.8, 4) is 11.3 Å². The highest BCUT2D eigenvalue weighted by Crippen LogP contribution is 2.41. The number of pyridine rings is 2. The fraction of sp³-hybridized carbons (Fsp3) is 0.250. The van der Waals surface area contributed by atoms with Crippen LogP contribution in [0.4, 0.5) is 13.2 Å². The quantitative estimate of drug-likeness (QED) is 0.713. The maximum Gasteiger partial charge on any atom is 0.397 e. The van der Waals surface area contributed by atoms with Crippen molar-refractivity contribution in [3.63, 3.8) is 0 Å². The lowest BCUT2D eigenvalue weighted by Crippen LogP contribution is -2.36. The van der Waals surface area contributed by atoms with E-state index < -0.39 is 22.9 Å². The molecule has 0 aliphatic carbocycles. The summed E-state index contributed by atoms with van der Waals surface area (Å²) in [4.78, 5) is 30.9. The van der Waals surface area contributed by atoms with Crippen molar-refractivity contribution in [3.05, 3.63) is 63.6 Å². The van der Waals surface area contributed by atoms with Crippen LogP contribution in [0.5, 0.6) is 0 Å². The van der Waals surface area contributed by atoms with E-state index in [1.165, 1.54) is 30.5 Å². The number of fused-ring (bicyclic) bond motifs is 1. The van der Waals surface area contributed by atoms with Gasteiger partial charge in [0.1, 0.15) is 5.69 Å². The topological polar surface area (TPSA) is 88.8 Å². The molecular weight excluding hydrogens is 371 g/mol. The molecule has 0 bridgehead atoms. The minimum atomic E-state index is -4.39. The smallest absolute Gasteiger partial charge is 0.364 e. The Bertz CT molecular complexity index is 1150. The van der Waals surface area contributed by atoms with Gasteiger partial charge in [-0.15, -0.1) is 0 Å². The lowest BCUT2D eigenvalue weighted by molar-refractivity contribution is -0.180. The van der Waals surface area contributed by atoms with E-state index in [-0.39, 0.29) is 16.6 Å². The molecular formula is C20H18F3N3O2. The molecule has 0 aliphatic rings. The summed E-state index contributed by atoms with van der Waals surface area (Å²) >= 11 is 0. The van der Waals surface area contributed by atoms with Crippen LogP contribution >= 0.6 is 0 Å². The fourth-order valence-corrected chi connectivity index (χ4v) is 3.05. The van der Waals surface area contributed by atoms with Crippen molar-refractivity contribution in [1.29, 1.82) is 0 Å². The molecule has 146 valence electrons. The number of nitrogens with zero attached hydrogens (tertiary/aromatic N) is 1. The number of rotatable bonds is 3. The second-order valence-corrected chi connectivity index (χ2v) is 7.15. The van der Waals surface area contributed by atoms with Crippen molar-refractivity contribution in [2.75, 3.05) is 0 Å². The van der Waals surface area contributed by atoms with Gasteiger partial charge in [0.15, 0.2) is 5.43 Å². The summed E-state index contributed by atoms with van der Waals surface area (Å²) in [7, 11) is 0. The number of amides is 1. The van der Waals surface area contributed by atoms with Gasteiger partial charge in [0.25, 0.3) is 5.91 Å². The summed E-state index contributed by atoms with van der Waals surface area (Å²) in [5.41, 5.74) is 4.75. The first-order valence-corrected chi connectivity index (χ1v) is 8.43. The number of carbonyl (C=O) groups is 1. The molecule has 3 N–H and O–H groups in total. The Morgan fingerprint density at radius 1 is 1.14 bits per heavy atom. The number of halogens is 3. The van der Waals surface area contributed by atoms with Gasteiger partial charge in [-0.3, -0.25) is 14.6 Å². The Labute approximate surface area is 158 Å². The van der Waals surface area contributed by atoms with Crippen LogP contribution in [0.3, 0.4) is 0 Å². The van der Waals surface area contributed by atoms with Crippen LogP contribution in [0.1, 0.15) is 35.5 Å². The van der Waals surface area contributed by atoms with Gasteiger partial charge in [-0.2, -0.15) is 13.2 Å². The minimum absolute atomic E-state index is 0.0752. The number of nitrogens with one attached hydrogen (secondary N) is 1. The molecule has 3 rings (SSSR count). The van der Waals surface area contributed by atoms with Gasteiger partial charge in [-0.25, -0.2) is 0 Å². The standard InChI is InChI=1S/C20H18F3N3O2/c1-10-8-11(19(2,3)20(21,22)23)4-5-12(10)14-9-15(27)16-13(26-14)6-7-25-17(16)18(24)28/h4-9H,1-3H3,(H2,24,28)(H,26,27). The number of alkyl halides is 3. The van der Waals surface area contributed by atoms with Crippen LogP contribution in [0.15, 0.2) is 41.3 Å². The second-order valence-electron chi connectivity index (χ2n) is 7.15. The molecule has 0 fully saturated rings. The number of carbonyl (C=O) groups excluding carboxylic acids is 1. The highest BCUT2D eigenvalue weighted by molar-refractivity contribution is 6.03. The zero-order valence-corrected chi connectivity index (χ0v) is 15.4. The predicted molar refractivity (Wildman–Crippen MR) is 100 cm³/mol. The van der Waals surface area contributed by atoms with Crippen LogP contribution < -0.4 is 11.2 Å². The molecule has 0 saturated carbocycles. The normalized spacial score (nSPS) is 12.4.